The summed E-state index contributed by atoms with van der Waals surface area (Å²) in [4.78, 5) is 24.8. The van der Waals surface area contributed by atoms with Crippen molar-refractivity contribution in [2.24, 2.45) is 5.73 Å². The number of primary amides is 1. The van der Waals surface area contributed by atoms with Crippen molar-refractivity contribution in [2.45, 2.75) is 0 Å². The lowest BCUT2D eigenvalue weighted by Crippen LogP contribution is -2.11. The van der Waals surface area contributed by atoms with Crippen LogP contribution in [0.1, 0.15) is 5.56 Å². The highest BCUT2D eigenvalue weighted by Gasteiger charge is 2.12. The van der Waals surface area contributed by atoms with Gasteiger partial charge in [-0.2, -0.15) is 0 Å². The summed E-state index contributed by atoms with van der Waals surface area (Å²) in [5.74, 6) is 0.561. The first-order chi connectivity index (χ1) is 17.0. The third-order valence-electron chi connectivity index (χ3n) is 5.53. The van der Waals surface area contributed by atoms with Crippen molar-refractivity contribution in [1.29, 1.82) is 0 Å². The fraction of sp³-hybridized carbons (Fsp3) is 0. The SMILES string of the molecule is C=C(C(N)=O)c1cccc(-c2cc(-c3ccc(Oc4ccc(Cl)cc4)nc3)cc3cncnc23)c1. The number of carbonyl (C=O) groups excluding carboxylic acids is 1. The largest absolute Gasteiger partial charge is 0.439 e. The Balaban J connectivity index is 1.54. The second kappa shape index (κ2) is 9.37. The van der Waals surface area contributed by atoms with Crippen LogP contribution in [0, 0.1) is 0 Å². The number of fused-ring (bicyclic) bond motifs is 1. The number of nitrogens with zero attached hydrogens (tertiary/aromatic N) is 3. The molecule has 1 amide bonds. The highest BCUT2D eigenvalue weighted by Crippen LogP contribution is 2.34. The van der Waals surface area contributed by atoms with Crippen LogP contribution in [0.3, 0.4) is 0 Å². The maximum atomic E-state index is 11.6. The number of rotatable bonds is 6. The molecule has 0 atom stereocenters. The molecule has 0 aliphatic rings. The van der Waals surface area contributed by atoms with E-state index in [0.717, 1.165) is 33.2 Å². The molecule has 6 nitrogen and oxygen atoms in total. The summed E-state index contributed by atoms with van der Waals surface area (Å²) in [6, 6.07) is 22.4. The molecule has 0 aliphatic carbocycles. The van der Waals surface area contributed by atoms with E-state index in [4.69, 9.17) is 22.1 Å². The number of benzene rings is 3. The molecule has 5 rings (SSSR count). The summed E-state index contributed by atoms with van der Waals surface area (Å²) in [5.41, 5.74) is 10.7. The average molecular weight is 479 g/mol. The number of hydrogen-bond donors (Lipinski definition) is 1. The molecule has 0 saturated carbocycles. The molecule has 0 bridgehead atoms. The normalized spacial score (nSPS) is 10.8. The van der Waals surface area contributed by atoms with Gasteiger partial charge in [-0.1, -0.05) is 36.4 Å². The Morgan fingerprint density at radius 3 is 2.46 bits per heavy atom. The molecule has 5 aromatic rings. The molecule has 0 fully saturated rings. The Hall–Kier alpha value is -4.55. The summed E-state index contributed by atoms with van der Waals surface area (Å²) in [6.45, 7) is 3.80. The van der Waals surface area contributed by atoms with E-state index in [1.165, 1.54) is 6.33 Å². The van der Waals surface area contributed by atoms with Gasteiger partial charge in [-0.05, 0) is 65.2 Å². The molecule has 2 aromatic heterocycles. The first-order valence-corrected chi connectivity index (χ1v) is 11.1. The first-order valence-electron chi connectivity index (χ1n) is 10.7. The van der Waals surface area contributed by atoms with Crippen LogP contribution < -0.4 is 10.5 Å². The monoisotopic (exact) mass is 478 g/mol. The molecule has 2 N–H and O–H groups in total. The predicted octanol–water partition coefficient (Wildman–Crippen LogP) is 6.30. The summed E-state index contributed by atoms with van der Waals surface area (Å²) in [5, 5.41) is 1.52. The Morgan fingerprint density at radius 2 is 1.71 bits per heavy atom. The maximum Gasteiger partial charge on any atom is 0.248 e. The van der Waals surface area contributed by atoms with Gasteiger partial charge in [0.15, 0.2) is 0 Å². The number of ether oxygens (including phenoxy) is 1. The van der Waals surface area contributed by atoms with Gasteiger partial charge in [-0.25, -0.2) is 15.0 Å². The number of carbonyl (C=O) groups is 1. The Kier molecular flexibility index (Phi) is 5.95. The third-order valence-corrected chi connectivity index (χ3v) is 5.78. The number of aromatic nitrogens is 3. The van der Waals surface area contributed by atoms with E-state index in [1.807, 2.05) is 42.5 Å². The van der Waals surface area contributed by atoms with Crippen molar-refractivity contribution in [2.75, 3.05) is 0 Å². The van der Waals surface area contributed by atoms with Gasteiger partial charge in [0.05, 0.1) is 5.52 Å². The van der Waals surface area contributed by atoms with Crippen molar-refractivity contribution >= 4 is 34.0 Å². The van der Waals surface area contributed by atoms with Crippen molar-refractivity contribution in [3.05, 3.63) is 109 Å². The number of hydrogen-bond acceptors (Lipinski definition) is 5. The van der Waals surface area contributed by atoms with E-state index in [1.54, 1.807) is 42.7 Å². The highest BCUT2D eigenvalue weighted by molar-refractivity contribution is 6.30. The molecule has 35 heavy (non-hydrogen) atoms. The fourth-order valence-electron chi connectivity index (χ4n) is 3.74. The van der Waals surface area contributed by atoms with Crippen LogP contribution in [0.25, 0.3) is 38.7 Å². The lowest BCUT2D eigenvalue weighted by atomic mass is 9.94. The molecular weight excluding hydrogens is 460 g/mol. The van der Waals surface area contributed by atoms with Gasteiger partial charge in [-0.3, -0.25) is 4.79 Å². The van der Waals surface area contributed by atoms with Crippen molar-refractivity contribution in [1.82, 2.24) is 15.0 Å². The molecule has 2 heterocycles. The molecule has 0 spiro atoms. The molecule has 0 aliphatic heterocycles. The summed E-state index contributed by atoms with van der Waals surface area (Å²) in [6.07, 6.45) is 5.04. The zero-order valence-electron chi connectivity index (χ0n) is 18.5. The van der Waals surface area contributed by atoms with Gasteiger partial charge in [-0.15, -0.1) is 0 Å². The molecule has 0 unspecified atom stereocenters. The number of pyridine rings is 1. The van der Waals surface area contributed by atoms with Gasteiger partial charge in [0.2, 0.25) is 11.8 Å². The van der Waals surface area contributed by atoms with Crippen LogP contribution in [0.15, 0.2) is 98.1 Å². The Morgan fingerprint density at radius 1 is 0.886 bits per heavy atom. The second-order valence-corrected chi connectivity index (χ2v) is 8.29. The molecule has 7 heteroatoms. The van der Waals surface area contributed by atoms with Crippen molar-refractivity contribution in [3.63, 3.8) is 0 Å². The maximum absolute atomic E-state index is 11.6. The van der Waals surface area contributed by atoms with E-state index < -0.39 is 5.91 Å². The lowest BCUT2D eigenvalue weighted by Gasteiger charge is -2.12. The Bertz CT molecular complexity index is 1570. The van der Waals surface area contributed by atoms with Gasteiger partial charge in [0.1, 0.15) is 12.1 Å². The van der Waals surface area contributed by atoms with E-state index in [0.29, 0.717) is 22.2 Å². The van der Waals surface area contributed by atoms with E-state index in [9.17, 15) is 4.79 Å². The highest BCUT2D eigenvalue weighted by atomic mass is 35.5. The van der Waals surface area contributed by atoms with Crippen LogP contribution in [-0.4, -0.2) is 20.9 Å². The van der Waals surface area contributed by atoms with Crippen LogP contribution in [0.2, 0.25) is 5.02 Å². The lowest BCUT2D eigenvalue weighted by molar-refractivity contribution is -0.112. The minimum absolute atomic E-state index is 0.252. The zero-order chi connectivity index (χ0) is 24.4. The van der Waals surface area contributed by atoms with Crippen LogP contribution in [0.5, 0.6) is 11.6 Å². The number of amides is 1. The number of nitrogens with two attached hydrogens (primary N) is 1. The summed E-state index contributed by atoms with van der Waals surface area (Å²) < 4.78 is 5.81. The van der Waals surface area contributed by atoms with E-state index in [2.05, 4.69) is 21.5 Å². The second-order valence-electron chi connectivity index (χ2n) is 7.85. The van der Waals surface area contributed by atoms with Gasteiger partial charge < -0.3 is 10.5 Å². The topological polar surface area (TPSA) is 91.0 Å². The zero-order valence-corrected chi connectivity index (χ0v) is 19.2. The minimum Gasteiger partial charge on any atom is -0.439 e. The Labute approximate surface area is 206 Å². The summed E-state index contributed by atoms with van der Waals surface area (Å²) in [7, 11) is 0. The van der Waals surface area contributed by atoms with Gasteiger partial charge >= 0.3 is 0 Å². The van der Waals surface area contributed by atoms with Crippen molar-refractivity contribution < 1.29 is 9.53 Å². The van der Waals surface area contributed by atoms with Crippen LogP contribution in [0.4, 0.5) is 0 Å². The van der Waals surface area contributed by atoms with Gasteiger partial charge in [0.25, 0.3) is 0 Å². The molecule has 170 valence electrons. The number of halogens is 1. The molecule has 0 radical (unpaired) electrons. The van der Waals surface area contributed by atoms with Crippen LogP contribution in [-0.2, 0) is 4.79 Å². The average Bonchev–Trinajstić information content (AvgIpc) is 2.89. The minimum atomic E-state index is -0.560. The summed E-state index contributed by atoms with van der Waals surface area (Å²) >= 11 is 5.93. The van der Waals surface area contributed by atoms with E-state index >= 15 is 0 Å². The first kappa shape index (κ1) is 22.3. The molecule has 0 saturated heterocycles. The fourth-order valence-corrected chi connectivity index (χ4v) is 3.87. The van der Waals surface area contributed by atoms with Crippen molar-refractivity contribution in [3.8, 4) is 33.9 Å². The standard InChI is InChI=1S/C28H19ClN4O2/c1-17(28(30)34)18-3-2-4-19(11-18)25-13-21(12-22-14-31-16-33-27(22)25)20-5-10-26(32-15-20)35-24-8-6-23(29)7-9-24/h2-16H,1H2,(H2,30,34). The van der Waals surface area contributed by atoms with Gasteiger partial charge in [0, 0.05) is 45.6 Å². The molecule has 3 aromatic carbocycles. The van der Waals surface area contributed by atoms with Crippen LogP contribution >= 0.6 is 11.6 Å². The predicted molar refractivity (Wildman–Crippen MR) is 138 cm³/mol. The molecular formula is C28H19ClN4O2. The van der Waals surface area contributed by atoms with E-state index in [-0.39, 0.29) is 5.57 Å². The third kappa shape index (κ3) is 4.74. The smallest absolute Gasteiger partial charge is 0.248 e. The quantitative estimate of drug-likeness (QED) is 0.289.